The molecule has 2 nitrogen and oxygen atoms in total. The number of carbonyl (C=O) groups is 1. The Morgan fingerprint density at radius 3 is 2.74 bits per heavy atom. The number of ether oxygens (including phenoxy) is 1. The van der Waals surface area contributed by atoms with Gasteiger partial charge in [-0.1, -0.05) is 17.7 Å². The SMILES string of the molecule is COc1ccc(CC(=O)c2scc(C)c2Cl)cc1F. The molecule has 0 aliphatic rings. The van der Waals surface area contributed by atoms with Crippen molar-refractivity contribution in [2.75, 3.05) is 7.11 Å². The predicted octanol–water partition coefficient (Wildman–Crippen LogP) is 4.28. The van der Waals surface area contributed by atoms with Crippen LogP contribution in [0.3, 0.4) is 0 Å². The van der Waals surface area contributed by atoms with Gasteiger partial charge in [0.15, 0.2) is 17.3 Å². The maximum atomic E-state index is 13.5. The Hall–Kier alpha value is -1.39. The molecule has 0 radical (unpaired) electrons. The molecule has 5 heteroatoms. The summed E-state index contributed by atoms with van der Waals surface area (Å²) in [4.78, 5) is 12.6. The normalized spacial score (nSPS) is 10.5. The minimum absolute atomic E-state index is 0.104. The first kappa shape index (κ1) is 14.0. The molecule has 0 saturated heterocycles. The monoisotopic (exact) mass is 298 g/mol. The third-order valence-electron chi connectivity index (χ3n) is 2.73. The third-order valence-corrected chi connectivity index (χ3v) is 4.47. The molecule has 0 aliphatic heterocycles. The number of hydrogen-bond donors (Lipinski definition) is 0. The van der Waals surface area contributed by atoms with E-state index in [-0.39, 0.29) is 18.0 Å². The molecule has 0 atom stereocenters. The standard InChI is InChI=1S/C14H12ClFO2S/c1-8-7-19-14(13(8)15)11(17)6-9-3-4-12(18-2)10(16)5-9/h3-5,7H,6H2,1-2H3. The largest absolute Gasteiger partial charge is 0.494 e. The number of halogens is 2. The highest BCUT2D eigenvalue weighted by Gasteiger charge is 2.15. The minimum atomic E-state index is -0.471. The van der Waals surface area contributed by atoms with Crippen LogP contribution < -0.4 is 4.74 Å². The van der Waals surface area contributed by atoms with E-state index in [0.29, 0.717) is 15.5 Å². The quantitative estimate of drug-likeness (QED) is 0.787. The summed E-state index contributed by atoms with van der Waals surface area (Å²) in [5, 5.41) is 2.33. The number of hydrogen-bond acceptors (Lipinski definition) is 3. The molecule has 0 N–H and O–H groups in total. The van der Waals surface area contributed by atoms with Gasteiger partial charge in [-0.25, -0.2) is 4.39 Å². The molecule has 0 amide bonds. The number of carbonyl (C=O) groups excluding carboxylic acids is 1. The highest BCUT2D eigenvalue weighted by molar-refractivity contribution is 7.13. The molecule has 0 unspecified atom stereocenters. The van der Waals surface area contributed by atoms with Crippen LogP contribution in [0.4, 0.5) is 4.39 Å². The zero-order valence-electron chi connectivity index (χ0n) is 10.5. The van der Waals surface area contributed by atoms with Gasteiger partial charge < -0.3 is 4.74 Å². The molecule has 1 aromatic heterocycles. The van der Waals surface area contributed by atoms with E-state index in [9.17, 15) is 9.18 Å². The van der Waals surface area contributed by atoms with Crippen LogP contribution in [-0.2, 0) is 6.42 Å². The lowest BCUT2D eigenvalue weighted by atomic mass is 10.1. The molecule has 1 aromatic carbocycles. The maximum Gasteiger partial charge on any atom is 0.178 e. The lowest BCUT2D eigenvalue weighted by Gasteiger charge is -2.04. The van der Waals surface area contributed by atoms with Crippen LogP contribution >= 0.6 is 22.9 Å². The average molecular weight is 299 g/mol. The molecular formula is C14H12ClFO2S. The van der Waals surface area contributed by atoms with Gasteiger partial charge in [-0.3, -0.25) is 4.79 Å². The van der Waals surface area contributed by atoms with E-state index in [1.54, 1.807) is 6.07 Å². The highest BCUT2D eigenvalue weighted by Crippen LogP contribution is 2.28. The maximum absolute atomic E-state index is 13.5. The van der Waals surface area contributed by atoms with Crippen LogP contribution in [0, 0.1) is 12.7 Å². The average Bonchev–Trinajstić information content (AvgIpc) is 2.70. The van der Waals surface area contributed by atoms with E-state index in [0.717, 1.165) is 5.56 Å². The van der Waals surface area contributed by atoms with Crippen molar-refractivity contribution < 1.29 is 13.9 Å². The van der Waals surface area contributed by atoms with Gasteiger partial charge in [0.2, 0.25) is 0 Å². The van der Waals surface area contributed by atoms with Crippen molar-refractivity contribution in [1.29, 1.82) is 0 Å². The molecular weight excluding hydrogens is 287 g/mol. The first-order valence-corrected chi connectivity index (χ1v) is 6.88. The Morgan fingerprint density at radius 1 is 1.47 bits per heavy atom. The molecule has 0 spiro atoms. The fraction of sp³-hybridized carbons (Fsp3) is 0.214. The summed E-state index contributed by atoms with van der Waals surface area (Å²) in [5.74, 6) is -0.407. The second-order valence-electron chi connectivity index (χ2n) is 4.13. The molecule has 0 saturated carbocycles. The molecule has 19 heavy (non-hydrogen) atoms. The van der Waals surface area contributed by atoms with Crippen molar-refractivity contribution in [2.45, 2.75) is 13.3 Å². The summed E-state index contributed by atoms with van der Waals surface area (Å²) < 4.78 is 18.4. The predicted molar refractivity (Wildman–Crippen MR) is 75.1 cm³/mol. The number of aryl methyl sites for hydroxylation is 1. The molecule has 2 rings (SSSR count). The fourth-order valence-electron chi connectivity index (χ4n) is 1.70. The summed E-state index contributed by atoms with van der Waals surface area (Å²) in [6.45, 7) is 1.85. The van der Waals surface area contributed by atoms with E-state index in [4.69, 9.17) is 16.3 Å². The number of benzene rings is 1. The Bertz CT molecular complexity index is 622. The van der Waals surface area contributed by atoms with Crippen molar-refractivity contribution in [3.63, 3.8) is 0 Å². The van der Waals surface area contributed by atoms with Crippen LogP contribution in [0.25, 0.3) is 0 Å². The highest BCUT2D eigenvalue weighted by atomic mass is 35.5. The first-order valence-electron chi connectivity index (χ1n) is 5.62. The van der Waals surface area contributed by atoms with Crippen LogP contribution in [0.15, 0.2) is 23.6 Å². The van der Waals surface area contributed by atoms with Gasteiger partial charge in [-0.05, 0) is 35.6 Å². The van der Waals surface area contributed by atoms with E-state index in [2.05, 4.69) is 0 Å². The van der Waals surface area contributed by atoms with Gasteiger partial charge in [-0.2, -0.15) is 0 Å². The second-order valence-corrected chi connectivity index (χ2v) is 5.39. The van der Waals surface area contributed by atoms with Gasteiger partial charge in [0.05, 0.1) is 17.0 Å². The molecule has 1 heterocycles. The van der Waals surface area contributed by atoms with Crippen molar-refractivity contribution >= 4 is 28.7 Å². The second kappa shape index (κ2) is 5.72. The Kier molecular flexibility index (Phi) is 4.22. The molecule has 0 aliphatic carbocycles. The smallest absolute Gasteiger partial charge is 0.178 e. The Labute approximate surface area is 119 Å². The molecule has 100 valence electrons. The zero-order valence-corrected chi connectivity index (χ0v) is 12.1. The number of thiophene rings is 1. The van der Waals surface area contributed by atoms with Gasteiger partial charge in [-0.15, -0.1) is 11.3 Å². The van der Waals surface area contributed by atoms with Crippen LogP contribution in [0.5, 0.6) is 5.75 Å². The molecule has 0 fully saturated rings. The molecule has 2 aromatic rings. The zero-order chi connectivity index (χ0) is 14.0. The Balaban J connectivity index is 2.19. The van der Waals surface area contributed by atoms with Crippen molar-refractivity contribution in [3.05, 3.63) is 50.4 Å². The van der Waals surface area contributed by atoms with Crippen LogP contribution in [0.2, 0.25) is 5.02 Å². The molecule has 0 bridgehead atoms. The third kappa shape index (κ3) is 2.96. The lowest BCUT2D eigenvalue weighted by Crippen LogP contribution is -2.02. The van der Waals surface area contributed by atoms with Gasteiger partial charge in [0.1, 0.15) is 0 Å². The summed E-state index contributed by atoms with van der Waals surface area (Å²) >= 11 is 7.36. The topological polar surface area (TPSA) is 26.3 Å². The van der Waals surface area contributed by atoms with Crippen molar-refractivity contribution in [3.8, 4) is 5.75 Å². The van der Waals surface area contributed by atoms with Crippen LogP contribution in [0.1, 0.15) is 20.8 Å². The van der Waals surface area contributed by atoms with Crippen LogP contribution in [-0.4, -0.2) is 12.9 Å². The van der Waals surface area contributed by atoms with Crippen molar-refractivity contribution in [2.24, 2.45) is 0 Å². The van der Waals surface area contributed by atoms with E-state index in [1.807, 2.05) is 12.3 Å². The number of ketones is 1. The number of Topliss-reactive ketones (excluding diaryl/α,β-unsaturated/α-hetero) is 1. The lowest BCUT2D eigenvalue weighted by molar-refractivity contribution is 0.0997. The van der Waals surface area contributed by atoms with Gasteiger partial charge in [0, 0.05) is 6.42 Å². The summed E-state index contributed by atoms with van der Waals surface area (Å²) in [5.41, 5.74) is 1.49. The van der Waals surface area contributed by atoms with E-state index in [1.165, 1.54) is 30.6 Å². The fourth-order valence-corrected chi connectivity index (χ4v) is 2.94. The van der Waals surface area contributed by atoms with Crippen molar-refractivity contribution in [1.82, 2.24) is 0 Å². The number of rotatable bonds is 4. The Morgan fingerprint density at radius 2 is 2.21 bits per heavy atom. The van der Waals surface area contributed by atoms with Gasteiger partial charge in [0.25, 0.3) is 0 Å². The van der Waals surface area contributed by atoms with E-state index >= 15 is 0 Å². The summed E-state index contributed by atoms with van der Waals surface area (Å²) in [7, 11) is 1.40. The first-order chi connectivity index (χ1) is 9.02. The van der Waals surface area contributed by atoms with Gasteiger partial charge >= 0.3 is 0 Å². The van der Waals surface area contributed by atoms with E-state index < -0.39 is 5.82 Å². The summed E-state index contributed by atoms with van der Waals surface area (Å²) in [6, 6.07) is 4.50. The minimum Gasteiger partial charge on any atom is -0.494 e. The number of methoxy groups -OCH3 is 1. The summed E-state index contributed by atoms with van der Waals surface area (Å²) in [6.07, 6.45) is 0.126.